The van der Waals surface area contributed by atoms with Crippen LogP contribution in [0.2, 0.25) is 0 Å². The lowest BCUT2D eigenvalue weighted by Gasteiger charge is -2.02. The van der Waals surface area contributed by atoms with Crippen molar-refractivity contribution in [2.24, 2.45) is 0 Å². The van der Waals surface area contributed by atoms with E-state index in [0.717, 1.165) is 6.42 Å². The Morgan fingerprint density at radius 3 is 1.71 bits per heavy atom. The second-order valence-corrected chi connectivity index (χ2v) is 4.13. The van der Waals surface area contributed by atoms with Gasteiger partial charge >= 0.3 is 11.9 Å². The molecule has 0 aliphatic carbocycles. The lowest BCUT2D eigenvalue weighted by molar-refractivity contribution is -0.134. The van der Waals surface area contributed by atoms with E-state index >= 15 is 0 Å². The zero-order chi connectivity index (χ0) is 16.4. The summed E-state index contributed by atoms with van der Waals surface area (Å²) in [4.78, 5) is 41.4. The van der Waals surface area contributed by atoms with Crippen molar-refractivity contribution in [2.45, 2.75) is 27.2 Å². The smallest absolute Gasteiger partial charge is 0.338 e. The molecule has 0 spiro atoms. The van der Waals surface area contributed by atoms with Crippen molar-refractivity contribution in [1.29, 1.82) is 0 Å². The highest BCUT2D eigenvalue weighted by molar-refractivity contribution is 6.35. The molecule has 1 N–H and O–H groups in total. The Bertz CT molecular complexity index is 503. The summed E-state index contributed by atoms with van der Waals surface area (Å²) in [6, 6.07) is 5.65. The minimum Gasteiger partial charge on any atom is -0.478 e. The van der Waals surface area contributed by atoms with Gasteiger partial charge in [-0.15, -0.1) is 0 Å². The molecule has 0 bridgehead atoms. The number of aromatic carboxylic acids is 1. The van der Waals surface area contributed by atoms with Crippen LogP contribution < -0.4 is 0 Å². The van der Waals surface area contributed by atoms with E-state index in [1.807, 2.05) is 6.92 Å². The van der Waals surface area contributed by atoms with Crippen molar-refractivity contribution in [3.63, 3.8) is 0 Å². The maximum Gasteiger partial charge on any atom is 0.338 e. The van der Waals surface area contributed by atoms with Crippen molar-refractivity contribution in [2.75, 3.05) is 6.61 Å². The molecule has 6 nitrogen and oxygen atoms in total. The van der Waals surface area contributed by atoms with Gasteiger partial charge in [0.1, 0.15) is 0 Å². The van der Waals surface area contributed by atoms with Gasteiger partial charge in [-0.2, -0.15) is 0 Å². The highest BCUT2D eigenvalue weighted by atomic mass is 16.5. The zero-order valence-corrected chi connectivity index (χ0v) is 12.2. The van der Waals surface area contributed by atoms with Gasteiger partial charge in [0.05, 0.1) is 17.7 Å². The first-order chi connectivity index (χ1) is 9.79. The van der Waals surface area contributed by atoms with Crippen LogP contribution in [0.15, 0.2) is 24.3 Å². The fraction of sp³-hybridized carbons (Fsp3) is 0.333. The van der Waals surface area contributed by atoms with Crippen molar-refractivity contribution < 1.29 is 29.0 Å². The summed E-state index contributed by atoms with van der Waals surface area (Å²) in [5.74, 6) is -2.19. The third-order valence-corrected chi connectivity index (χ3v) is 2.30. The highest BCUT2D eigenvalue weighted by Crippen LogP contribution is 2.06. The molecule has 1 aromatic carbocycles. The number of esters is 1. The van der Waals surface area contributed by atoms with E-state index in [9.17, 15) is 19.2 Å². The molecule has 0 atom stereocenters. The second-order valence-electron chi connectivity index (χ2n) is 4.13. The number of carboxylic acid groups (broad SMARTS) is 1. The van der Waals surface area contributed by atoms with Gasteiger partial charge < -0.3 is 9.84 Å². The lowest BCUT2D eigenvalue weighted by atomic mass is 10.1. The van der Waals surface area contributed by atoms with Gasteiger partial charge in [0.15, 0.2) is 11.6 Å². The van der Waals surface area contributed by atoms with E-state index in [1.54, 1.807) is 0 Å². The standard InChI is InChI=1S/C11H12O4.C4H6O2/c1-2-7-15-11(14)9-5-3-8(4-6-9)10(12)13;1-3(5)4(2)6/h3-6H,2,7H2,1H3,(H,12,13);1-2H3. The second kappa shape index (κ2) is 9.41. The fourth-order valence-corrected chi connectivity index (χ4v) is 1.03. The number of hydrogen-bond acceptors (Lipinski definition) is 5. The van der Waals surface area contributed by atoms with Gasteiger partial charge in [0.25, 0.3) is 0 Å². The Hall–Kier alpha value is -2.50. The van der Waals surface area contributed by atoms with E-state index in [4.69, 9.17) is 9.84 Å². The van der Waals surface area contributed by atoms with Crippen molar-refractivity contribution >= 4 is 23.5 Å². The monoisotopic (exact) mass is 294 g/mol. The summed E-state index contributed by atoms with van der Waals surface area (Å²) in [7, 11) is 0. The maximum atomic E-state index is 11.3. The molecular formula is C15H18O6. The molecule has 1 rings (SSSR count). The molecule has 0 heterocycles. The molecule has 21 heavy (non-hydrogen) atoms. The number of ether oxygens (including phenoxy) is 1. The number of benzene rings is 1. The Labute approximate surface area is 122 Å². The van der Waals surface area contributed by atoms with Gasteiger partial charge in [0, 0.05) is 13.8 Å². The van der Waals surface area contributed by atoms with Crippen LogP contribution in [0, 0.1) is 0 Å². The van der Waals surface area contributed by atoms with Crippen molar-refractivity contribution in [1.82, 2.24) is 0 Å². The van der Waals surface area contributed by atoms with Crippen LogP contribution in [0.25, 0.3) is 0 Å². The van der Waals surface area contributed by atoms with Gasteiger partial charge in [0.2, 0.25) is 0 Å². The molecule has 0 fully saturated rings. The average molecular weight is 294 g/mol. The Kier molecular flexibility index (Phi) is 8.29. The van der Waals surface area contributed by atoms with E-state index in [2.05, 4.69) is 0 Å². The van der Waals surface area contributed by atoms with Gasteiger partial charge in [-0.3, -0.25) is 9.59 Å². The quantitative estimate of drug-likeness (QED) is 0.659. The summed E-state index contributed by atoms with van der Waals surface area (Å²) in [5, 5.41) is 8.64. The number of carbonyl (C=O) groups excluding carboxylic acids is 3. The van der Waals surface area contributed by atoms with Crippen molar-refractivity contribution in [3.8, 4) is 0 Å². The van der Waals surface area contributed by atoms with E-state index in [-0.39, 0.29) is 17.1 Å². The number of carboxylic acids is 1. The highest BCUT2D eigenvalue weighted by Gasteiger charge is 2.08. The number of carbonyl (C=O) groups is 4. The first-order valence-electron chi connectivity index (χ1n) is 6.31. The number of hydrogen-bond donors (Lipinski definition) is 1. The van der Waals surface area contributed by atoms with Gasteiger partial charge in [-0.05, 0) is 30.7 Å². The SMILES string of the molecule is CC(=O)C(C)=O.CCCOC(=O)c1ccc(C(=O)O)cc1. The first-order valence-corrected chi connectivity index (χ1v) is 6.31. The average Bonchev–Trinajstić information content (AvgIpc) is 2.45. The predicted molar refractivity (Wildman–Crippen MR) is 75.3 cm³/mol. The third kappa shape index (κ3) is 7.61. The lowest BCUT2D eigenvalue weighted by Crippen LogP contribution is -2.06. The van der Waals surface area contributed by atoms with Crippen LogP contribution in [0.1, 0.15) is 47.9 Å². The maximum absolute atomic E-state index is 11.3. The predicted octanol–water partition coefficient (Wildman–Crippen LogP) is 2.12. The van der Waals surface area contributed by atoms with Crippen LogP contribution in [0.3, 0.4) is 0 Å². The zero-order valence-electron chi connectivity index (χ0n) is 12.2. The Morgan fingerprint density at radius 1 is 0.952 bits per heavy atom. The minimum absolute atomic E-state index is 0.155. The summed E-state index contributed by atoms with van der Waals surface area (Å²) < 4.78 is 4.89. The number of ketones is 2. The molecule has 0 aliphatic rings. The molecule has 6 heteroatoms. The molecule has 0 saturated heterocycles. The molecule has 0 saturated carbocycles. The normalized spacial score (nSPS) is 9.10. The topological polar surface area (TPSA) is 97.7 Å². The van der Waals surface area contributed by atoms with Crippen molar-refractivity contribution in [3.05, 3.63) is 35.4 Å². The van der Waals surface area contributed by atoms with E-state index in [1.165, 1.54) is 38.1 Å². The molecule has 0 amide bonds. The van der Waals surface area contributed by atoms with Crippen LogP contribution in [-0.2, 0) is 14.3 Å². The van der Waals surface area contributed by atoms with Crippen LogP contribution in [-0.4, -0.2) is 35.2 Å². The summed E-state index contributed by atoms with van der Waals surface area (Å²) in [6.07, 6.45) is 0.763. The number of rotatable bonds is 5. The van der Waals surface area contributed by atoms with Gasteiger partial charge in [-0.25, -0.2) is 9.59 Å². The Balaban J connectivity index is 0.000000567. The summed E-state index contributed by atoms with van der Waals surface area (Å²) in [5.41, 5.74) is 0.524. The van der Waals surface area contributed by atoms with E-state index < -0.39 is 11.9 Å². The summed E-state index contributed by atoms with van der Waals surface area (Å²) >= 11 is 0. The minimum atomic E-state index is -1.01. The molecular weight excluding hydrogens is 276 g/mol. The Morgan fingerprint density at radius 2 is 1.38 bits per heavy atom. The largest absolute Gasteiger partial charge is 0.478 e. The third-order valence-electron chi connectivity index (χ3n) is 2.30. The van der Waals surface area contributed by atoms with E-state index in [0.29, 0.717) is 12.2 Å². The van der Waals surface area contributed by atoms with Gasteiger partial charge in [-0.1, -0.05) is 6.92 Å². The fourth-order valence-electron chi connectivity index (χ4n) is 1.03. The molecule has 0 unspecified atom stereocenters. The number of Topliss-reactive ketones (excluding diaryl/α,β-unsaturated/α-hetero) is 2. The summed E-state index contributed by atoms with van der Waals surface area (Å²) in [6.45, 7) is 4.78. The first kappa shape index (κ1) is 18.5. The van der Waals surface area contributed by atoms with Crippen LogP contribution in [0.4, 0.5) is 0 Å². The molecule has 0 aromatic heterocycles. The van der Waals surface area contributed by atoms with Crippen LogP contribution in [0.5, 0.6) is 0 Å². The molecule has 0 radical (unpaired) electrons. The molecule has 1 aromatic rings. The van der Waals surface area contributed by atoms with Crippen LogP contribution >= 0.6 is 0 Å². The molecule has 0 aliphatic heterocycles. The molecule has 114 valence electrons.